The van der Waals surface area contributed by atoms with Crippen molar-refractivity contribution in [3.8, 4) is 0 Å². The summed E-state index contributed by atoms with van der Waals surface area (Å²) in [5.41, 5.74) is 5.08. The number of thiocarbonyl (C=S) groups is 1. The normalized spacial score (nSPS) is 19.2. The van der Waals surface area contributed by atoms with E-state index in [2.05, 4.69) is 41.3 Å². The maximum Gasteiger partial charge on any atom is 0.323 e. The minimum Gasteiger partial charge on any atom is -0.480 e. The molecule has 2 atom stereocenters. The first-order valence-electron chi connectivity index (χ1n) is 18.9. The van der Waals surface area contributed by atoms with Crippen LogP contribution in [-0.2, 0) is 22.7 Å². The zero-order valence-electron chi connectivity index (χ0n) is 30.3. The number of thiazole rings is 1. The first-order valence-corrected chi connectivity index (χ1v) is 22.0. The molecule has 54 heavy (non-hydrogen) atoms. The van der Waals surface area contributed by atoms with Gasteiger partial charge in [0, 0.05) is 28.2 Å². The third-order valence-corrected chi connectivity index (χ3v) is 14.3. The van der Waals surface area contributed by atoms with Crippen molar-refractivity contribution in [2.45, 2.75) is 101 Å². The Balaban J connectivity index is 1.11. The van der Waals surface area contributed by atoms with E-state index < -0.39 is 18.1 Å². The maximum atomic E-state index is 13.8. The zero-order valence-corrected chi connectivity index (χ0v) is 33.5. The Kier molecular flexibility index (Phi) is 12.8. The van der Waals surface area contributed by atoms with Gasteiger partial charge in [0.1, 0.15) is 20.4 Å². The van der Waals surface area contributed by atoms with Gasteiger partial charge < -0.3 is 10.0 Å². The summed E-state index contributed by atoms with van der Waals surface area (Å²) in [5, 5.41) is 9.73. The highest BCUT2D eigenvalue weighted by Crippen LogP contribution is 2.52. The highest BCUT2D eigenvalue weighted by atomic mass is 32.2. The van der Waals surface area contributed by atoms with Crippen LogP contribution in [0.15, 0.2) is 82.5 Å². The predicted octanol–water partition coefficient (Wildman–Crippen LogP) is 8.70. The minimum absolute atomic E-state index is 0.284. The minimum atomic E-state index is -1.15. The van der Waals surface area contributed by atoms with Crippen molar-refractivity contribution < 1.29 is 14.7 Å². The second-order valence-corrected chi connectivity index (χ2v) is 18.0. The van der Waals surface area contributed by atoms with Crippen LogP contribution in [0.3, 0.4) is 0 Å². The number of anilines is 2. The molecule has 2 aliphatic heterocycles. The highest BCUT2D eigenvalue weighted by molar-refractivity contribution is 8.30. The van der Waals surface area contributed by atoms with E-state index in [1.165, 1.54) is 76.2 Å². The fraction of sp³-hybridized carbons (Fsp3) is 0.372. The van der Waals surface area contributed by atoms with E-state index in [-0.39, 0.29) is 10.8 Å². The van der Waals surface area contributed by atoms with Crippen molar-refractivity contribution in [1.29, 1.82) is 0 Å². The van der Waals surface area contributed by atoms with Crippen LogP contribution in [-0.4, -0.2) is 42.6 Å². The van der Waals surface area contributed by atoms with Gasteiger partial charge in [-0.05, 0) is 97.5 Å². The second-order valence-electron chi connectivity index (χ2n) is 14.2. The Morgan fingerprint density at radius 2 is 1.69 bits per heavy atom. The number of fused-ring (bicyclic) bond motifs is 3. The summed E-state index contributed by atoms with van der Waals surface area (Å²) < 4.78 is 2.28. The third kappa shape index (κ3) is 8.59. The second kappa shape index (κ2) is 17.9. The molecule has 2 unspecified atom stereocenters. The van der Waals surface area contributed by atoms with Crippen molar-refractivity contribution in [2.24, 2.45) is 0 Å². The van der Waals surface area contributed by atoms with Crippen LogP contribution in [0.4, 0.5) is 11.4 Å². The van der Waals surface area contributed by atoms with Gasteiger partial charge in [0.25, 0.3) is 11.5 Å². The molecule has 1 aromatic heterocycles. The number of carboxylic acid groups (broad SMARTS) is 1. The summed E-state index contributed by atoms with van der Waals surface area (Å²) in [5.74, 6) is 0.0669. The number of amides is 1. The lowest BCUT2D eigenvalue weighted by Gasteiger charge is -2.27. The summed E-state index contributed by atoms with van der Waals surface area (Å²) in [6.07, 6.45) is 14.9. The Bertz CT molecular complexity index is 2180. The van der Waals surface area contributed by atoms with Crippen molar-refractivity contribution in [3.63, 3.8) is 0 Å². The number of nitrogens with zero attached hydrogens (tertiary/aromatic N) is 3. The molecule has 2 radical (unpaired) electrons. The molecule has 0 bridgehead atoms. The number of unbranched alkanes of at least 4 members (excludes halogenated alkanes) is 7. The SMILES string of the molecule is [CH]CCCCCCCCCSc1ccc(N2c3ccc(/C=c4\s/c(=C5/SC(=S)N(Cc6ccccc6)C5=O)n(CC(=O)O)c4=O)cc3C3CCCC32)cc1. The van der Waals surface area contributed by atoms with E-state index in [4.69, 9.17) is 19.1 Å². The lowest BCUT2D eigenvalue weighted by atomic mass is 9.96. The number of hydrogen-bond acceptors (Lipinski definition) is 8. The fourth-order valence-corrected chi connectivity index (χ4v) is 11.3. The molecule has 7 nitrogen and oxygen atoms in total. The van der Waals surface area contributed by atoms with Gasteiger partial charge in [-0.3, -0.25) is 23.9 Å². The average molecular weight is 796 g/mol. The average Bonchev–Trinajstić information content (AvgIpc) is 3.91. The van der Waals surface area contributed by atoms with Crippen molar-refractivity contribution >= 4 is 85.6 Å². The van der Waals surface area contributed by atoms with Gasteiger partial charge >= 0.3 is 5.97 Å². The van der Waals surface area contributed by atoms with Crippen LogP contribution in [0.25, 0.3) is 11.0 Å². The van der Waals surface area contributed by atoms with E-state index in [1.807, 2.05) is 54.2 Å². The molecule has 3 aromatic carbocycles. The molecule has 0 spiro atoms. The van der Waals surface area contributed by atoms with Crippen LogP contribution in [0.5, 0.6) is 0 Å². The van der Waals surface area contributed by atoms with Crippen molar-refractivity contribution in [2.75, 3.05) is 10.7 Å². The number of benzene rings is 3. The Labute approximate surface area is 335 Å². The van der Waals surface area contributed by atoms with Crippen molar-refractivity contribution in [1.82, 2.24) is 9.47 Å². The summed E-state index contributed by atoms with van der Waals surface area (Å²) in [4.78, 5) is 44.9. The molecular formula is C43H45N3O4S4. The number of thioether (sulfide) groups is 2. The molecule has 4 aromatic rings. The first-order chi connectivity index (χ1) is 26.3. The first kappa shape index (κ1) is 38.6. The number of aromatic nitrogens is 1. The number of hydrogen-bond donors (Lipinski definition) is 1. The quantitative estimate of drug-likeness (QED) is 0.0686. The van der Waals surface area contributed by atoms with Crippen LogP contribution in [0.2, 0.25) is 0 Å². The van der Waals surface area contributed by atoms with Gasteiger partial charge in [0.05, 0.1) is 11.1 Å². The number of aliphatic carboxylic acids is 1. The smallest absolute Gasteiger partial charge is 0.323 e. The summed E-state index contributed by atoms with van der Waals surface area (Å²) in [6.45, 7) is 5.36. The zero-order chi connectivity index (χ0) is 37.6. The summed E-state index contributed by atoms with van der Waals surface area (Å²) >= 11 is 9.78. The molecule has 280 valence electrons. The molecule has 3 heterocycles. The van der Waals surface area contributed by atoms with E-state index in [0.717, 1.165) is 65.7 Å². The number of rotatable bonds is 16. The number of carbonyl (C=O) groups excluding carboxylic acids is 1. The molecule has 1 saturated heterocycles. The van der Waals surface area contributed by atoms with Crippen LogP contribution in [0.1, 0.15) is 93.2 Å². The van der Waals surface area contributed by atoms with Gasteiger partial charge in [-0.15, -0.1) is 23.1 Å². The Morgan fingerprint density at radius 1 is 0.944 bits per heavy atom. The summed E-state index contributed by atoms with van der Waals surface area (Å²) in [6, 6.07) is 25.4. The third-order valence-electron chi connectivity index (χ3n) is 10.5. The standard InChI is InChI=1S/C43H45N3O4S4/c1-2-3-4-5-6-7-8-12-24-52-32-21-19-31(20-22-32)46-35-17-13-16-33(35)34-25-30(18-23-36(34)46)26-37-40(49)44(28-38(47)48)42(53-37)39-41(50)45(43(51)54-39)27-29-14-10-9-11-15-29/h1,9-11,14-15,18-23,25-26,33,35H,2-8,12-13,16-17,24,27-28H2,(H,47,48)/b37-26-,42-39+. The van der Waals surface area contributed by atoms with Gasteiger partial charge in [0.15, 0.2) is 0 Å². The lowest BCUT2D eigenvalue weighted by Crippen LogP contribution is -2.35. The maximum absolute atomic E-state index is 13.8. The molecule has 3 aliphatic rings. The number of carboxylic acids is 1. The Morgan fingerprint density at radius 3 is 2.43 bits per heavy atom. The molecule has 1 aliphatic carbocycles. The van der Waals surface area contributed by atoms with Gasteiger partial charge in [0.2, 0.25) is 0 Å². The topological polar surface area (TPSA) is 82.8 Å². The largest absolute Gasteiger partial charge is 0.480 e. The van der Waals surface area contributed by atoms with Gasteiger partial charge in [-0.25, -0.2) is 0 Å². The molecule has 2 fully saturated rings. The van der Waals surface area contributed by atoms with E-state index in [0.29, 0.717) is 32.0 Å². The fourth-order valence-electron chi connectivity index (χ4n) is 7.87. The van der Waals surface area contributed by atoms with Crippen molar-refractivity contribution in [3.05, 3.63) is 116 Å². The predicted molar refractivity (Wildman–Crippen MR) is 227 cm³/mol. The number of carbonyl (C=O) groups is 2. The van der Waals surface area contributed by atoms with Crippen LogP contribution in [0, 0.1) is 6.92 Å². The van der Waals surface area contributed by atoms with E-state index >= 15 is 0 Å². The molecule has 7 rings (SSSR count). The lowest BCUT2D eigenvalue weighted by molar-refractivity contribution is -0.137. The monoisotopic (exact) mass is 795 g/mol. The molecular weight excluding hydrogens is 751 g/mol. The van der Waals surface area contributed by atoms with Gasteiger partial charge in [-0.1, -0.05) is 105 Å². The van der Waals surface area contributed by atoms with Gasteiger partial charge in [-0.2, -0.15) is 0 Å². The van der Waals surface area contributed by atoms with E-state index in [9.17, 15) is 19.5 Å². The molecule has 1 amide bonds. The molecule has 11 heteroatoms. The molecule has 1 saturated carbocycles. The highest BCUT2D eigenvalue weighted by Gasteiger charge is 2.42. The van der Waals surface area contributed by atoms with Crippen LogP contribution >= 0.6 is 47.1 Å². The summed E-state index contributed by atoms with van der Waals surface area (Å²) in [7, 11) is 0. The van der Waals surface area contributed by atoms with E-state index in [1.54, 1.807) is 0 Å². The van der Waals surface area contributed by atoms with Crippen LogP contribution < -0.4 is 19.7 Å². The molecule has 1 N–H and O–H groups in total. The Hall–Kier alpha value is -3.64.